The Labute approximate surface area is 192 Å². The lowest BCUT2D eigenvalue weighted by Crippen LogP contribution is -2.32. The number of carbonyl (C=O) groups is 1. The largest absolute Gasteiger partial charge is 0.478 e. The van der Waals surface area contributed by atoms with E-state index in [4.69, 9.17) is 17.0 Å². The second-order valence-electron chi connectivity index (χ2n) is 7.80. The van der Waals surface area contributed by atoms with Gasteiger partial charge in [-0.1, -0.05) is 18.2 Å². The maximum absolute atomic E-state index is 11.9. The number of ether oxygens (including phenoxy) is 1. The number of para-hydroxylation sites is 1. The summed E-state index contributed by atoms with van der Waals surface area (Å²) in [6.45, 7) is 5.18. The van der Waals surface area contributed by atoms with E-state index >= 15 is 0 Å². The molecule has 32 heavy (non-hydrogen) atoms. The Morgan fingerprint density at radius 3 is 2.66 bits per heavy atom. The van der Waals surface area contributed by atoms with Crippen LogP contribution in [0.1, 0.15) is 45.1 Å². The highest BCUT2D eigenvalue weighted by molar-refractivity contribution is 7.80. The molecule has 1 aliphatic heterocycles. The maximum atomic E-state index is 11.9. The number of benzene rings is 1. The first kappa shape index (κ1) is 22.0. The minimum absolute atomic E-state index is 0.107. The van der Waals surface area contributed by atoms with Crippen molar-refractivity contribution in [1.82, 2.24) is 19.8 Å². The van der Waals surface area contributed by atoms with E-state index in [-0.39, 0.29) is 17.6 Å². The smallest absolute Gasteiger partial charge is 0.337 e. The third-order valence-corrected chi connectivity index (χ3v) is 6.25. The van der Waals surface area contributed by atoms with Crippen LogP contribution in [0.3, 0.4) is 0 Å². The number of thiocarbonyl (C=S) groups is 1. The third kappa shape index (κ3) is 3.87. The quantitative estimate of drug-likeness (QED) is 0.530. The van der Waals surface area contributed by atoms with Crippen LogP contribution in [0, 0.1) is 13.8 Å². The summed E-state index contributed by atoms with van der Waals surface area (Å²) in [5, 5.41) is 13.8. The van der Waals surface area contributed by atoms with Crippen LogP contribution in [-0.2, 0) is 4.74 Å². The van der Waals surface area contributed by atoms with E-state index in [1.807, 2.05) is 48.7 Å². The van der Waals surface area contributed by atoms with Crippen LogP contribution in [-0.4, -0.2) is 50.9 Å². The fraction of sp³-hybridized carbons (Fsp3) is 0.292. The highest BCUT2D eigenvalue weighted by Crippen LogP contribution is 2.41. The normalized spacial score (nSPS) is 18.1. The summed E-state index contributed by atoms with van der Waals surface area (Å²) in [4.78, 5) is 18.6. The predicted octanol–water partition coefficient (Wildman–Crippen LogP) is 3.81. The van der Waals surface area contributed by atoms with Crippen molar-refractivity contribution >= 4 is 23.3 Å². The second-order valence-corrected chi connectivity index (χ2v) is 8.18. The first-order valence-electron chi connectivity index (χ1n) is 10.4. The summed E-state index contributed by atoms with van der Waals surface area (Å²) in [6, 6.07) is 14.8. The van der Waals surface area contributed by atoms with Gasteiger partial charge in [0.05, 0.1) is 35.6 Å². The number of aryl methyl sites for hydroxylation is 1. The summed E-state index contributed by atoms with van der Waals surface area (Å²) in [5.74, 6) is -0.952. The van der Waals surface area contributed by atoms with E-state index in [0.29, 0.717) is 24.0 Å². The number of nitrogens with one attached hydrogen (secondary N) is 1. The van der Waals surface area contributed by atoms with Gasteiger partial charge in [-0.3, -0.25) is 4.98 Å². The Morgan fingerprint density at radius 1 is 1.22 bits per heavy atom. The van der Waals surface area contributed by atoms with Gasteiger partial charge in [0, 0.05) is 31.2 Å². The summed E-state index contributed by atoms with van der Waals surface area (Å²) < 4.78 is 7.34. The Hall–Kier alpha value is -3.23. The zero-order valence-electron chi connectivity index (χ0n) is 18.3. The molecule has 3 aromatic rings. The molecular formula is C24H26N4O3S. The van der Waals surface area contributed by atoms with Crippen molar-refractivity contribution < 1.29 is 14.6 Å². The minimum Gasteiger partial charge on any atom is -0.478 e. The topological polar surface area (TPSA) is 79.6 Å². The van der Waals surface area contributed by atoms with Crippen molar-refractivity contribution in [2.24, 2.45) is 0 Å². The zero-order chi connectivity index (χ0) is 22.8. The molecule has 2 N–H and O–H groups in total. The molecule has 8 heteroatoms. The number of carboxylic acid groups (broad SMARTS) is 1. The van der Waals surface area contributed by atoms with Gasteiger partial charge in [-0.2, -0.15) is 0 Å². The van der Waals surface area contributed by atoms with Crippen molar-refractivity contribution in [3.05, 3.63) is 82.9 Å². The molecule has 0 unspecified atom stereocenters. The van der Waals surface area contributed by atoms with Crippen LogP contribution in [0.4, 0.5) is 0 Å². The van der Waals surface area contributed by atoms with E-state index < -0.39 is 5.97 Å². The number of pyridine rings is 1. The van der Waals surface area contributed by atoms with Gasteiger partial charge in [0.1, 0.15) is 0 Å². The highest BCUT2D eigenvalue weighted by atomic mass is 32.1. The standard InChI is InChI=1S/C24H26N4O3S/c1-15-14-18(16(2)28(15)20-10-5-4-8-17(20)23(29)30)22-21(19-9-6-7-11-25-19)26-24(32)27(22)12-13-31-3/h4-11,14,21-22H,12-13H2,1-3H3,(H,26,32)(H,29,30)/t21-,22+/m0/s1. The maximum Gasteiger partial charge on any atom is 0.337 e. The molecule has 7 nitrogen and oxygen atoms in total. The fourth-order valence-electron chi connectivity index (χ4n) is 4.48. The summed E-state index contributed by atoms with van der Waals surface area (Å²) >= 11 is 5.69. The lowest BCUT2D eigenvalue weighted by Gasteiger charge is -2.28. The van der Waals surface area contributed by atoms with Crippen LogP contribution in [0.5, 0.6) is 0 Å². The van der Waals surface area contributed by atoms with Crippen LogP contribution in [0.25, 0.3) is 5.69 Å². The molecule has 0 radical (unpaired) electrons. The van der Waals surface area contributed by atoms with E-state index in [9.17, 15) is 9.90 Å². The third-order valence-electron chi connectivity index (χ3n) is 5.90. The number of carboxylic acids is 1. The van der Waals surface area contributed by atoms with Crippen molar-refractivity contribution in [3.8, 4) is 5.69 Å². The van der Waals surface area contributed by atoms with Gasteiger partial charge in [0.25, 0.3) is 0 Å². The number of nitrogens with zero attached hydrogens (tertiary/aromatic N) is 3. The van der Waals surface area contributed by atoms with Gasteiger partial charge >= 0.3 is 5.97 Å². The number of rotatable bonds is 7. The van der Waals surface area contributed by atoms with E-state index in [1.54, 1.807) is 25.4 Å². The summed E-state index contributed by atoms with van der Waals surface area (Å²) in [7, 11) is 1.67. The van der Waals surface area contributed by atoms with Gasteiger partial charge in [0.2, 0.25) is 0 Å². The summed E-state index contributed by atoms with van der Waals surface area (Å²) in [5.41, 5.74) is 4.80. The molecular weight excluding hydrogens is 424 g/mol. The van der Waals surface area contributed by atoms with E-state index in [1.165, 1.54) is 0 Å². The number of hydrogen-bond donors (Lipinski definition) is 2. The average Bonchev–Trinajstić information content (AvgIpc) is 3.27. The van der Waals surface area contributed by atoms with Crippen molar-refractivity contribution in [2.45, 2.75) is 25.9 Å². The zero-order valence-corrected chi connectivity index (χ0v) is 19.1. The van der Waals surface area contributed by atoms with Crippen LogP contribution in [0.15, 0.2) is 54.7 Å². The Morgan fingerprint density at radius 2 is 1.97 bits per heavy atom. The molecule has 0 amide bonds. The molecule has 4 rings (SSSR count). The molecule has 2 aromatic heterocycles. The van der Waals surface area contributed by atoms with Gasteiger partial charge < -0.3 is 24.6 Å². The molecule has 166 valence electrons. The summed E-state index contributed by atoms with van der Waals surface area (Å²) in [6.07, 6.45) is 1.78. The van der Waals surface area contributed by atoms with Crippen molar-refractivity contribution in [2.75, 3.05) is 20.3 Å². The Balaban J connectivity index is 1.85. The molecule has 3 heterocycles. The number of methoxy groups -OCH3 is 1. The molecule has 1 aliphatic rings. The molecule has 0 aliphatic carbocycles. The number of aromatic nitrogens is 2. The predicted molar refractivity (Wildman–Crippen MR) is 126 cm³/mol. The molecule has 0 spiro atoms. The molecule has 0 bridgehead atoms. The first-order valence-corrected chi connectivity index (χ1v) is 10.8. The molecule has 1 saturated heterocycles. The van der Waals surface area contributed by atoms with E-state index in [2.05, 4.69) is 21.3 Å². The van der Waals surface area contributed by atoms with E-state index in [0.717, 1.165) is 22.6 Å². The van der Waals surface area contributed by atoms with Crippen LogP contribution < -0.4 is 5.32 Å². The second kappa shape index (κ2) is 9.10. The lowest BCUT2D eigenvalue weighted by molar-refractivity contribution is 0.0697. The minimum atomic E-state index is -0.952. The fourth-order valence-corrected chi connectivity index (χ4v) is 4.81. The van der Waals surface area contributed by atoms with Gasteiger partial charge in [-0.15, -0.1) is 0 Å². The van der Waals surface area contributed by atoms with Crippen LogP contribution >= 0.6 is 12.2 Å². The first-order chi connectivity index (χ1) is 15.4. The Kier molecular flexibility index (Phi) is 6.25. The number of aromatic carboxylic acids is 1. The molecule has 0 saturated carbocycles. The molecule has 2 atom stereocenters. The SMILES string of the molecule is COCCN1C(=S)N[C@@H](c2ccccn2)[C@H]1c1cc(C)n(-c2ccccc2C(=O)O)c1C. The van der Waals surface area contributed by atoms with Crippen molar-refractivity contribution in [1.29, 1.82) is 0 Å². The monoisotopic (exact) mass is 450 g/mol. The average molecular weight is 451 g/mol. The molecule has 1 fully saturated rings. The van der Waals surface area contributed by atoms with Gasteiger partial charge in [-0.25, -0.2) is 4.79 Å². The Bertz CT molecular complexity index is 1150. The van der Waals surface area contributed by atoms with Crippen LogP contribution in [0.2, 0.25) is 0 Å². The lowest BCUT2D eigenvalue weighted by atomic mass is 9.97. The van der Waals surface area contributed by atoms with Gasteiger partial charge in [0.15, 0.2) is 5.11 Å². The molecule has 1 aromatic carbocycles. The van der Waals surface area contributed by atoms with Gasteiger partial charge in [-0.05, 0) is 62.0 Å². The van der Waals surface area contributed by atoms with Crippen molar-refractivity contribution in [3.63, 3.8) is 0 Å². The number of hydrogen-bond acceptors (Lipinski definition) is 4. The highest BCUT2D eigenvalue weighted by Gasteiger charge is 2.41.